The predicted octanol–water partition coefficient (Wildman–Crippen LogP) is 1.72. The molecule has 0 aliphatic carbocycles. The molecule has 0 fully saturated rings. The number of pyridine rings is 1. The number of nitrogens with one attached hydrogen (secondary N) is 2. The second-order valence-electron chi connectivity index (χ2n) is 5.20. The van der Waals surface area contributed by atoms with E-state index in [-0.39, 0.29) is 5.69 Å². The first-order valence-corrected chi connectivity index (χ1v) is 7.32. The second-order valence-corrected chi connectivity index (χ2v) is 5.20. The van der Waals surface area contributed by atoms with Crippen molar-refractivity contribution in [1.82, 2.24) is 35.2 Å². The quantitative estimate of drug-likeness (QED) is 0.598. The van der Waals surface area contributed by atoms with Crippen LogP contribution < -0.4 is 5.69 Å². The lowest BCUT2D eigenvalue weighted by Gasteiger charge is -2.08. The largest absolute Gasteiger partial charge is 0.330 e. The van der Waals surface area contributed by atoms with Crippen LogP contribution in [-0.4, -0.2) is 35.2 Å². The van der Waals surface area contributed by atoms with E-state index in [0.29, 0.717) is 17.2 Å². The second kappa shape index (κ2) is 5.58. The number of imidazole rings is 1. The maximum atomic E-state index is 12.6. The molecule has 0 unspecified atom stereocenters. The molecule has 0 spiro atoms. The molecule has 0 aliphatic rings. The van der Waals surface area contributed by atoms with E-state index in [9.17, 15) is 4.79 Å². The van der Waals surface area contributed by atoms with E-state index in [1.165, 1.54) is 0 Å². The van der Waals surface area contributed by atoms with Crippen molar-refractivity contribution in [3.05, 3.63) is 64.8 Å². The third-order valence-electron chi connectivity index (χ3n) is 3.78. The average molecular weight is 319 g/mol. The zero-order valence-corrected chi connectivity index (χ0v) is 12.8. The van der Waals surface area contributed by atoms with Gasteiger partial charge in [0.25, 0.3) is 0 Å². The van der Waals surface area contributed by atoms with Gasteiger partial charge in [-0.25, -0.2) is 4.79 Å². The summed E-state index contributed by atoms with van der Waals surface area (Å²) < 4.78 is 1.57. The first-order chi connectivity index (χ1) is 11.8. The Balaban J connectivity index is 1.94. The normalized spacial score (nSPS) is 10.9. The lowest BCUT2D eigenvalue weighted by Crippen LogP contribution is -2.17. The van der Waals surface area contributed by atoms with Crippen molar-refractivity contribution in [3.63, 3.8) is 0 Å². The first kappa shape index (κ1) is 14.1. The average Bonchev–Trinajstić information content (AvgIpc) is 3.24. The predicted molar refractivity (Wildman–Crippen MR) is 87.5 cm³/mol. The van der Waals surface area contributed by atoms with Gasteiger partial charge in [0.1, 0.15) is 5.69 Å². The number of aromatic amines is 2. The van der Waals surface area contributed by atoms with Gasteiger partial charge in [0.05, 0.1) is 11.4 Å². The number of benzene rings is 1. The molecule has 3 heterocycles. The van der Waals surface area contributed by atoms with Crippen molar-refractivity contribution in [3.8, 4) is 28.5 Å². The first-order valence-electron chi connectivity index (χ1n) is 7.32. The minimum absolute atomic E-state index is 0.246. The SMILES string of the molecule is Cc1c(-c2ccccc2)[nH]c(=O)n1-c1cccnc1-c1nn[nH]n1. The number of hydrogen-bond acceptors (Lipinski definition) is 5. The Morgan fingerprint density at radius 2 is 1.92 bits per heavy atom. The molecule has 8 heteroatoms. The lowest BCUT2D eigenvalue weighted by molar-refractivity contribution is 0.881. The molecule has 0 bridgehead atoms. The standard InChI is InChI=1S/C16H13N7O/c1-10-13(11-6-3-2-4-7-11)18-16(24)23(10)12-8-5-9-17-14(12)15-19-21-22-20-15/h2-9H,1H3,(H,18,24)(H,19,20,21,22). The molecule has 4 rings (SSSR count). The highest BCUT2D eigenvalue weighted by atomic mass is 16.1. The highest BCUT2D eigenvalue weighted by Crippen LogP contribution is 2.25. The summed E-state index contributed by atoms with van der Waals surface area (Å²) in [5.74, 6) is 0.333. The summed E-state index contributed by atoms with van der Waals surface area (Å²) in [5.41, 5.74) is 3.32. The minimum Gasteiger partial charge on any atom is -0.305 e. The number of nitrogens with zero attached hydrogens (tertiary/aromatic N) is 5. The van der Waals surface area contributed by atoms with E-state index >= 15 is 0 Å². The molecule has 4 aromatic rings. The maximum Gasteiger partial charge on any atom is 0.330 e. The van der Waals surface area contributed by atoms with Crippen LogP contribution >= 0.6 is 0 Å². The summed E-state index contributed by atoms with van der Waals surface area (Å²) in [4.78, 5) is 19.8. The fourth-order valence-electron chi connectivity index (χ4n) is 2.71. The summed E-state index contributed by atoms with van der Waals surface area (Å²) in [6.07, 6.45) is 1.63. The summed E-state index contributed by atoms with van der Waals surface area (Å²) in [7, 11) is 0. The molecular weight excluding hydrogens is 306 g/mol. The van der Waals surface area contributed by atoms with Crippen molar-refractivity contribution < 1.29 is 0 Å². The lowest BCUT2D eigenvalue weighted by atomic mass is 10.1. The molecule has 0 aliphatic heterocycles. The van der Waals surface area contributed by atoms with Gasteiger partial charge >= 0.3 is 5.69 Å². The van der Waals surface area contributed by atoms with Crippen LogP contribution in [0.5, 0.6) is 0 Å². The zero-order valence-electron chi connectivity index (χ0n) is 12.8. The van der Waals surface area contributed by atoms with Crippen LogP contribution in [0.25, 0.3) is 28.5 Å². The van der Waals surface area contributed by atoms with Gasteiger partial charge in [0, 0.05) is 11.9 Å². The van der Waals surface area contributed by atoms with Crippen LogP contribution in [0.2, 0.25) is 0 Å². The van der Waals surface area contributed by atoms with Crippen LogP contribution in [-0.2, 0) is 0 Å². The molecule has 3 aromatic heterocycles. The van der Waals surface area contributed by atoms with E-state index < -0.39 is 0 Å². The Kier molecular flexibility index (Phi) is 3.27. The van der Waals surface area contributed by atoms with Crippen LogP contribution in [0.3, 0.4) is 0 Å². The Hall–Kier alpha value is -3.55. The summed E-state index contributed by atoms with van der Waals surface area (Å²) >= 11 is 0. The van der Waals surface area contributed by atoms with Crippen molar-refractivity contribution in [1.29, 1.82) is 0 Å². The van der Waals surface area contributed by atoms with Crippen molar-refractivity contribution in [2.45, 2.75) is 6.92 Å². The minimum atomic E-state index is -0.246. The van der Waals surface area contributed by atoms with Gasteiger partial charge in [0.15, 0.2) is 0 Å². The molecule has 8 nitrogen and oxygen atoms in total. The number of aromatic nitrogens is 7. The van der Waals surface area contributed by atoms with E-state index in [1.807, 2.05) is 37.3 Å². The number of hydrogen-bond donors (Lipinski definition) is 2. The highest BCUT2D eigenvalue weighted by Gasteiger charge is 2.18. The summed E-state index contributed by atoms with van der Waals surface area (Å²) in [6, 6.07) is 13.3. The summed E-state index contributed by atoms with van der Waals surface area (Å²) in [5, 5.41) is 13.9. The van der Waals surface area contributed by atoms with Gasteiger partial charge in [-0.2, -0.15) is 5.21 Å². The zero-order chi connectivity index (χ0) is 16.5. The molecular formula is C16H13N7O. The van der Waals surface area contributed by atoms with Crippen molar-refractivity contribution in [2.24, 2.45) is 0 Å². The number of rotatable bonds is 3. The Bertz CT molecular complexity index is 1030. The van der Waals surface area contributed by atoms with Gasteiger partial charge in [-0.05, 0) is 29.8 Å². The van der Waals surface area contributed by atoms with Crippen LogP contribution in [0.1, 0.15) is 5.69 Å². The molecule has 0 saturated heterocycles. The molecule has 1 aromatic carbocycles. The van der Waals surface area contributed by atoms with E-state index in [4.69, 9.17) is 0 Å². The summed E-state index contributed by atoms with van der Waals surface area (Å²) in [6.45, 7) is 1.88. The van der Waals surface area contributed by atoms with Crippen molar-refractivity contribution >= 4 is 0 Å². The Morgan fingerprint density at radius 3 is 2.67 bits per heavy atom. The molecule has 0 amide bonds. The number of H-pyrrole nitrogens is 2. The van der Waals surface area contributed by atoms with Gasteiger partial charge < -0.3 is 4.98 Å². The van der Waals surface area contributed by atoms with Gasteiger partial charge in [-0.3, -0.25) is 9.55 Å². The highest BCUT2D eigenvalue weighted by molar-refractivity contribution is 5.66. The Labute approximate surface area is 136 Å². The van der Waals surface area contributed by atoms with E-state index in [2.05, 4.69) is 30.6 Å². The van der Waals surface area contributed by atoms with Crippen LogP contribution in [0.4, 0.5) is 0 Å². The molecule has 0 radical (unpaired) electrons. The van der Waals surface area contributed by atoms with E-state index in [1.54, 1.807) is 22.9 Å². The molecule has 24 heavy (non-hydrogen) atoms. The van der Waals surface area contributed by atoms with Crippen molar-refractivity contribution in [2.75, 3.05) is 0 Å². The van der Waals surface area contributed by atoms with Crippen LogP contribution in [0.15, 0.2) is 53.5 Å². The molecule has 118 valence electrons. The van der Waals surface area contributed by atoms with Gasteiger partial charge in [0.2, 0.25) is 5.82 Å². The topological polar surface area (TPSA) is 105 Å². The molecule has 2 N–H and O–H groups in total. The molecule has 0 saturated carbocycles. The maximum absolute atomic E-state index is 12.6. The monoisotopic (exact) mass is 319 g/mol. The van der Waals surface area contributed by atoms with Gasteiger partial charge in [-0.1, -0.05) is 30.3 Å². The number of tetrazole rings is 1. The van der Waals surface area contributed by atoms with Gasteiger partial charge in [-0.15, -0.1) is 10.2 Å². The fourth-order valence-corrected chi connectivity index (χ4v) is 2.71. The third-order valence-corrected chi connectivity index (χ3v) is 3.78. The molecule has 0 atom stereocenters. The van der Waals surface area contributed by atoms with E-state index in [0.717, 1.165) is 17.0 Å². The smallest absolute Gasteiger partial charge is 0.305 e. The fraction of sp³-hybridized carbons (Fsp3) is 0.0625. The third kappa shape index (κ3) is 2.21. The van der Waals surface area contributed by atoms with Crippen LogP contribution in [0, 0.1) is 6.92 Å². The Morgan fingerprint density at radius 1 is 1.08 bits per heavy atom.